The van der Waals surface area contributed by atoms with Crippen LogP contribution in [0.3, 0.4) is 0 Å². The summed E-state index contributed by atoms with van der Waals surface area (Å²) in [5.41, 5.74) is 3.17. The van der Waals surface area contributed by atoms with E-state index in [1.54, 1.807) is 18.0 Å². The number of hydrogen-bond acceptors (Lipinski definition) is 4. The molecule has 1 amide bonds. The Morgan fingerprint density at radius 1 is 1.27 bits per heavy atom. The molecule has 26 heavy (non-hydrogen) atoms. The number of benzene rings is 2. The molecule has 133 valence electrons. The second-order valence-corrected chi connectivity index (χ2v) is 7.60. The number of thioether (sulfide) groups is 1. The first-order valence-electron chi connectivity index (χ1n) is 8.35. The van der Waals surface area contributed by atoms with Gasteiger partial charge in [0.2, 0.25) is 5.91 Å². The lowest BCUT2D eigenvalue weighted by molar-refractivity contribution is -0.122. The number of aromatic amines is 1. The summed E-state index contributed by atoms with van der Waals surface area (Å²) in [5, 5.41) is 15.1. The van der Waals surface area contributed by atoms with Crippen LogP contribution in [-0.2, 0) is 11.3 Å². The van der Waals surface area contributed by atoms with E-state index < -0.39 is 0 Å². The second-order valence-electron chi connectivity index (χ2n) is 6.23. The van der Waals surface area contributed by atoms with Gasteiger partial charge in [-0.2, -0.15) is 16.9 Å². The average Bonchev–Trinajstić information content (AvgIpc) is 3.14. The molecule has 5 nitrogen and oxygen atoms in total. The van der Waals surface area contributed by atoms with Gasteiger partial charge in [0.25, 0.3) is 0 Å². The third-order valence-electron chi connectivity index (χ3n) is 4.40. The van der Waals surface area contributed by atoms with Crippen molar-refractivity contribution in [2.45, 2.75) is 18.6 Å². The molecule has 2 heterocycles. The average molecular weight is 386 g/mol. The van der Waals surface area contributed by atoms with E-state index in [4.69, 9.17) is 11.6 Å². The number of carbonyl (C=O) groups is 1. The first-order chi connectivity index (χ1) is 12.7. The molecule has 1 radical (unpaired) electrons. The third kappa shape index (κ3) is 3.87. The predicted molar refractivity (Wildman–Crippen MR) is 106 cm³/mol. The molecule has 3 aromatic rings. The summed E-state index contributed by atoms with van der Waals surface area (Å²) in [6.07, 6.45) is 1.78. The Kier molecular flexibility index (Phi) is 5.15. The van der Waals surface area contributed by atoms with Gasteiger partial charge in [-0.05, 0) is 35.4 Å². The topological polar surface area (TPSA) is 69.8 Å². The lowest BCUT2D eigenvalue weighted by atomic mass is 10.1. The molecule has 3 N–H and O–H groups in total. The highest BCUT2D eigenvalue weighted by atomic mass is 35.5. The maximum atomic E-state index is 12.6. The molecule has 4 rings (SSSR count). The molecular weight excluding hydrogens is 368 g/mol. The number of nitrogens with one attached hydrogen (secondary N) is 3. The fourth-order valence-electron chi connectivity index (χ4n) is 2.98. The van der Waals surface area contributed by atoms with Gasteiger partial charge in [0.15, 0.2) is 0 Å². The largest absolute Gasteiger partial charge is 0.351 e. The molecule has 1 unspecified atom stereocenters. The van der Waals surface area contributed by atoms with Crippen LogP contribution in [0.25, 0.3) is 10.9 Å². The summed E-state index contributed by atoms with van der Waals surface area (Å²) in [6, 6.07) is 13.5. The Balaban J connectivity index is 1.37. The maximum Gasteiger partial charge on any atom is 0.238 e. The minimum Gasteiger partial charge on any atom is -0.351 e. The Hall–Kier alpha value is -2.02. The molecule has 0 saturated carbocycles. The highest BCUT2D eigenvalue weighted by Crippen LogP contribution is 2.28. The Morgan fingerprint density at radius 3 is 2.96 bits per heavy atom. The monoisotopic (exact) mass is 385 g/mol. The fourth-order valence-corrected chi connectivity index (χ4v) is 4.09. The Labute approximate surface area is 160 Å². The van der Waals surface area contributed by atoms with Gasteiger partial charge in [-0.25, -0.2) is 0 Å². The fraction of sp³-hybridized carbons (Fsp3) is 0.211. The smallest absolute Gasteiger partial charge is 0.238 e. The number of hydrogen-bond donors (Lipinski definition) is 3. The SMILES string of the molecule is O=C(NCc1ccc2[nH]ncc2c1)[C@@H]1[CH]SCC(c2ccc(Cl)cc2)N1. The van der Waals surface area contributed by atoms with Gasteiger partial charge in [-0.1, -0.05) is 29.8 Å². The number of halogens is 1. The first-order valence-corrected chi connectivity index (χ1v) is 9.78. The zero-order chi connectivity index (χ0) is 17.9. The van der Waals surface area contributed by atoms with Crippen molar-refractivity contribution in [3.63, 3.8) is 0 Å². The quantitative estimate of drug-likeness (QED) is 0.643. The highest BCUT2D eigenvalue weighted by molar-refractivity contribution is 8.01. The molecule has 0 bridgehead atoms. The summed E-state index contributed by atoms with van der Waals surface area (Å²) in [6.45, 7) is 0.488. The van der Waals surface area contributed by atoms with Crippen molar-refractivity contribution in [3.8, 4) is 0 Å². The summed E-state index contributed by atoms with van der Waals surface area (Å²) in [5.74, 6) is 2.83. The van der Waals surface area contributed by atoms with E-state index in [2.05, 4.69) is 20.8 Å². The number of amides is 1. The van der Waals surface area contributed by atoms with E-state index in [-0.39, 0.29) is 18.0 Å². The van der Waals surface area contributed by atoms with Crippen molar-refractivity contribution in [2.24, 2.45) is 0 Å². The second kappa shape index (κ2) is 7.70. The molecule has 1 aliphatic rings. The number of nitrogens with zero attached hydrogens (tertiary/aromatic N) is 1. The van der Waals surface area contributed by atoms with Crippen LogP contribution in [0.1, 0.15) is 17.2 Å². The van der Waals surface area contributed by atoms with Gasteiger partial charge in [-0.15, -0.1) is 0 Å². The molecule has 2 atom stereocenters. The normalized spacial score (nSPS) is 20.2. The van der Waals surface area contributed by atoms with Gasteiger partial charge < -0.3 is 5.32 Å². The van der Waals surface area contributed by atoms with E-state index in [9.17, 15) is 4.79 Å². The van der Waals surface area contributed by atoms with E-state index in [0.29, 0.717) is 11.6 Å². The maximum absolute atomic E-state index is 12.6. The molecule has 1 saturated heterocycles. The minimum atomic E-state index is -0.327. The number of fused-ring (bicyclic) bond motifs is 1. The van der Waals surface area contributed by atoms with E-state index in [1.807, 2.05) is 48.2 Å². The van der Waals surface area contributed by atoms with Crippen LogP contribution < -0.4 is 10.6 Å². The summed E-state index contributed by atoms with van der Waals surface area (Å²) in [7, 11) is 0. The summed E-state index contributed by atoms with van der Waals surface area (Å²) in [4.78, 5) is 12.6. The van der Waals surface area contributed by atoms with Crippen LogP contribution in [0.15, 0.2) is 48.7 Å². The van der Waals surface area contributed by atoms with Crippen molar-refractivity contribution in [1.29, 1.82) is 0 Å². The molecular formula is C19H18ClN4OS. The van der Waals surface area contributed by atoms with Gasteiger partial charge in [0, 0.05) is 34.5 Å². The molecule has 1 fully saturated rings. The van der Waals surface area contributed by atoms with Crippen molar-refractivity contribution in [3.05, 3.63) is 70.6 Å². The van der Waals surface area contributed by atoms with Crippen molar-refractivity contribution in [2.75, 3.05) is 5.75 Å². The number of H-pyrrole nitrogens is 1. The number of aromatic nitrogens is 2. The number of carbonyl (C=O) groups excluding carboxylic acids is 1. The Bertz CT molecular complexity index is 911. The van der Waals surface area contributed by atoms with Crippen molar-refractivity contribution >= 4 is 40.2 Å². The standard InChI is InChI=1S/C19H18ClN4OS/c20-15-4-2-13(3-5-15)17-10-26-11-18(23-17)19(25)21-8-12-1-6-16-14(7-12)9-22-24-16/h1-7,9,11,17-18,23H,8,10H2,(H,21,25)(H,22,24)/t17?,18-/m0/s1. The number of rotatable bonds is 4. The summed E-state index contributed by atoms with van der Waals surface area (Å²) < 4.78 is 0. The van der Waals surface area contributed by atoms with Crippen molar-refractivity contribution in [1.82, 2.24) is 20.8 Å². The zero-order valence-electron chi connectivity index (χ0n) is 13.9. The minimum absolute atomic E-state index is 0.0246. The molecule has 0 spiro atoms. The Morgan fingerprint density at radius 2 is 2.12 bits per heavy atom. The van der Waals surface area contributed by atoms with E-state index in [1.165, 1.54) is 0 Å². The molecule has 1 aliphatic heterocycles. The van der Waals surface area contributed by atoms with Gasteiger partial charge in [0.1, 0.15) is 6.04 Å². The highest BCUT2D eigenvalue weighted by Gasteiger charge is 2.27. The predicted octanol–water partition coefficient (Wildman–Crippen LogP) is 3.44. The van der Waals surface area contributed by atoms with E-state index >= 15 is 0 Å². The zero-order valence-corrected chi connectivity index (χ0v) is 15.5. The first kappa shape index (κ1) is 17.4. The van der Waals surface area contributed by atoms with Gasteiger partial charge in [-0.3, -0.25) is 15.2 Å². The third-order valence-corrected chi connectivity index (χ3v) is 5.64. The van der Waals surface area contributed by atoms with Crippen LogP contribution in [-0.4, -0.2) is 27.9 Å². The van der Waals surface area contributed by atoms with Crippen LogP contribution in [0.5, 0.6) is 0 Å². The van der Waals surface area contributed by atoms with Gasteiger partial charge >= 0.3 is 0 Å². The molecule has 1 aromatic heterocycles. The van der Waals surface area contributed by atoms with Crippen molar-refractivity contribution < 1.29 is 4.79 Å². The lowest BCUT2D eigenvalue weighted by Gasteiger charge is -2.30. The van der Waals surface area contributed by atoms with Crippen LogP contribution >= 0.6 is 23.4 Å². The van der Waals surface area contributed by atoms with Gasteiger partial charge in [0.05, 0.1) is 11.7 Å². The lowest BCUT2D eigenvalue weighted by Crippen LogP contribution is -2.48. The molecule has 7 heteroatoms. The molecule has 0 aliphatic carbocycles. The van der Waals surface area contributed by atoms with Crippen LogP contribution in [0.2, 0.25) is 5.02 Å². The summed E-state index contributed by atoms with van der Waals surface area (Å²) >= 11 is 7.63. The van der Waals surface area contributed by atoms with Crippen LogP contribution in [0, 0.1) is 5.75 Å². The molecule has 2 aromatic carbocycles. The van der Waals surface area contributed by atoms with Crippen LogP contribution in [0.4, 0.5) is 0 Å². The van der Waals surface area contributed by atoms with E-state index in [0.717, 1.165) is 27.8 Å².